The monoisotopic (exact) mass is 299 g/mol. The molecule has 1 atom stereocenters. The average Bonchev–Trinajstić information content (AvgIpc) is 2.38. The van der Waals surface area contributed by atoms with Crippen molar-refractivity contribution in [2.24, 2.45) is 0 Å². The summed E-state index contributed by atoms with van der Waals surface area (Å²) in [5.74, 6) is 0. The Hall–Kier alpha value is -1.51. The second-order valence-corrected chi connectivity index (χ2v) is 6.77. The Kier molecular flexibility index (Phi) is 4.07. The molecule has 7 nitrogen and oxygen atoms in total. The first kappa shape index (κ1) is 14.9. The van der Waals surface area contributed by atoms with Gasteiger partial charge in [-0.15, -0.1) is 0 Å². The van der Waals surface area contributed by atoms with E-state index in [0.29, 0.717) is 25.2 Å². The number of nitro groups is 1. The van der Waals surface area contributed by atoms with E-state index in [0.717, 1.165) is 0 Å². The normalized spacial score (nSPS) is 20.8. The summed E-state index contributed by atoms with van der Waals surface area (Å²) in [5, 5.41) is 14.2. The summed E-state index contributed by atoms with van der Waals surface area (Å²) in [6.07, 6.45) is 0. The first-order valence-corrected chi connectivity index (χ1v) is 7.75. The molecule has 20 heavy (non-hydrogen) atoms. The fourth-order valence-electron chi connectivity index (χ4n) is 2.36. The van der Waals surface area contributed by atoms with Gasteiger partial charge in [0.25, 0.3) is 5.69 Å². The molecule has 0 saturated carbocycles. The number of nitrogens with zero attached hydrogens (tertiary/aromatic N) is 2. The van der Waals surface area contributed by atoms with Crippen LogP contribution >= 0.6 is 0 Å². The van der Waals surface area contributed by atoms with E-state index in [1.807, 2.05) is 6.92 Å². The second-order valence-electron chi connectivity index (χ2n) is 4.90. The van der Waals surface area contributed by atoms with Gasteiger partial charge in [0.15, 0.2) is 4.90 Å². The minimum Gasteiger partial charge on any atom is -0.312 e. The Bertz CT molecular complexity index is 630. The van der Waals surface area contributed by atoms with Crippen molar-refractivity contribution in [1.82, 2.24) is 9.62 Å². The molecule has 0 radical (unpaired) electrons. The molecule has 1 saturated heterocycles. The Morgan fingerprint density at radius 3 is 2.75 bits per heavy atom. The molecule has 1 aliphatic rings. The highest BCUT2D eigenvalue weighted by Gasteiger charge is 2.35. The lowest BCUT2D eigenvalue weighted by atomic mass is 10.2. The van der Waals surface area contributed by atoms with Crippen molar-refractivity contribution in [3.05, 3.63) is 33.9 Å². The van der Waals surface area contributed by atoms with Gasteiger partial charge >= 0.3 is 0 Å². The lowest BCUT2D eigenvalue weighted by molar-refractivity contribution is -0.387. The van der Waals surface area contributed by atoms with E-state index in [2.05, 4.69) is 5.32 Å². The first-order chi connectivity index (χ1) is 9.34. The Morgan fingerprint density at radius 1 is 1.45 bits per heavy atom. The molecule has 1 unspecified atom stereocenters. The summed E-state index contributed by atoms with van der Waals surface area (Å²) in [6, 6.07) is 4.32. The van der Waals surface area contributed by atoms with Crippen LogP contribution in [0, 0.1) is 17.0 Å². The largest absolute Gasteiger partial charge is 0.312 e. The molecule has 2 rings (SSSR count). The zero-order valence-electron chi connectivity index (χ0n) is 11.4. The van der Waals surface area contributed by atoms with Crippen LogP contribution in [-0.2, 0) is 10.0 Å². The number of sulfonamides is 1. The van der Waals surface area contributed by atoms with Gasteiger partial charge in [0.2, 0.25) is 10.0 Å². The number of rotatable bonds is 3. The Balaban J connectivity index is 2.52. The Labute approximate surface area is 117 Å². The standard InChI is InChI=1S/C12H17N3O4S/c1-9-4-3-5-11(15(16)17)12(9)20(18,19)14-7-6-13-10(2)8-14/h3-5,10,13H,6-8H2,1-2H3. The SMILES string of the molecule is Cc1cccc([N+](=O)[O-])c1S(=O)(=O)N1CCNC(C)C1. The van der Waals surface area contributed by atoms with E-state index in [1.165, 1.54) is 16.4 Å². The fraction of sp³-hybridized carbons (Fsp3) is 0.500. The topological polar surface area (TPSA) is 92.5 Å². The van der Waals surface area contributed by atoms with Gasteiger partial charge in [-0.3, -0.25) is 10.1 Å². The minimum absolute atomic E-state index is 0.0293. The van der Waals surface area contributed by atoms with E-state index in [9.17, 15) is 18.5 Å². The molecule has 8 heteroatoms. The number of piperazine rings is 1. The maximum Gasteiger partial charge on any atom is 0.289 e. The quantitative estimate of drug-likeness (QED) is 0.661. The third kappa shape index (κ3) is 2.67. The van der Waals surface area contributed by atoms with Crippen molar-refractivity contribution < 1.29 is 13.3 Å². The van der Waals surface area contributed by atoms with Gasteiger partial charge in [-0.1, -0.05) is 12.1 Å². The molecule has 0 amide bonds. The van der Waals surface area contributed by atoms with E-state index in [1.54, 1.807) is 13.0 Å². The van der Waals surface area contributed by atoms with Crippen LogP contribution in [0.25, 0.3) is 0 Å². The fourth-order valence-corrected chi connectivity index (χ4v) is 4.25. The van der Waals surface area contributed by atoms with E-state index in [-0.39, 0.29) is 16.6 Å². The van der Waals surface area contributed by atoms with Crippen LogP contribution in [-0.4, -0.2) is 43.3 Å². The maximum atomic E-state index is 12.7. The molecule has 1 aromatic carbocycles. The first-order valence-electron chi connectivity index (χ1n) is 6.31. The van der Waals surface area contributed by atoms with Crippen molar-refractivity contribution in [2.45, 2.75) is 24.8 Å². The molecule has 1 aliphatic heterocycles. The number of benzene rings is 1. The van der Waals surface area contributed by atoms with Gasteiger partial charge in [0.1, 0.15) is 0 Å². The van der Waals surface area contributed by atoms with Gasteiger partial charge < -0.3 is 5.32 Å². The number of hydrogen-bond donors (Lipinski definition) is 1. The predicted octanol–water partition coefficient (Wildman–Crippen LogP) is 0.886. The average molecular weight is 299 g/mol. The lowest BCUT2D eigenvalue weighted by Crippen LogP contribution is -2.51. The van der Waals surface area contributed by atoms with Gasteiger partial charge in [0, 0.05) is 31.7 Å². The summed E-state index contributed by atoms with van der Waals surface area (Å²) in [6.45, 7) is 4.63. The van der Waals surface area contributed by atoms with Crippen LogP contribution in [0.3, 0.4) is 0 Å². The van der Waals surface area contributed by atoms with Crippen molar-refractivity contribution >= 4 is 15.7 Å². The van der Waals surface area contributed by atoms with E-state index in [4.69, 9.17) is 0 Å². The van der Waals surface area contributed by atoms with Gasteiger partial charge in [-0.2, -0.15) is 4.31 Å². The molecule has 1 heterocycles. The van der Waals surface area contributed by atoms with Gasteiger partial charge in [-0.05, 0) is 19.4 Å². The van der Waals surface area contributed by atoms with E-state index < -0.39 is 14.9 Å². The summed E-state index contributed by atoms with van der Waals surface area (Å²) >= 11 is 0. The molecule has 0 bridgehead atoms. The number of nitrogens with one attached hydrogen (secondary N) is 1. The zero-order valence-corrected chi connectivity index (χ0v) is 12.2. The molecule has 1 N–H and O–H groups in total. The summed E-state index contributed by atoms with van der Waals surface area (Å²) in [4.78, 5) is 10.2. The van der Waals surface area contributed by atoms with Gasteiger partial charge in [-0.25, -0.2) is 8.42 Å². The highest BCUT2D eigenvalue weighted by Crippen LogP contribution is 2.30. The maximum absolute atomic E-state index is 12.7. The second kappa shape index (κ2) is 5.47. The van der Waals surface area contributed by atoms with Crippen molar-refractivity contribution in [2.75, 3.05) is 19.6 Å². The molecule has 0 aliphatic carbocycles. The van der Waals surface area contributed by atoms with Crippen LogP contribution < -0.4 is 5.32 Å². The molecule has 1 aromatic rings. The van der Waals surface area contributed by atoms with Crippen LogP contribution in [0.1, 0.15) is 12.5 Å². The van der Waals surface area contributed by atoms with Crippen molar-refractivity contribution in [3.8, 4) is 0 Å². The number of nitro benzene ring substituents is 1. The van der Waals surface area contributed by atoms with Crippen LogP contribution in [0.15, 0.2) is 23.1 Å². The lowest BCUT2D eigenvalue weighted by Gasteiger charge is -2.31. The molecule has 1 fully saturated rings. The minimum atomic E-state index is -3.85. The summed E-state index contributed by atoms with van der Waals surface area (Å²) in [7, 11) is -3.85. The summed E-state index contributed by atoms with van der Waals surface area (Å²) < 4.78 is 26.7. The predicted molar refractivity (Wildman–Crippen MR) is 74.1 cm³/mol. The van der Waals surface area contributed by atoms with E-state index >= 15 is 0 Å². The Morgan fingerprint density at radius 2 is 2.15 bits per heavy atom. The zero-order chi connectivity index (χ0) is 14.9. The molecular formula is C12H17N3O4S. The summed E-state index contributed by atoms with van der Waals surface area (Å²) in [5.41, 5.74) is 0.0292. The third-order valence-electron chi connectivity index (χ3n) is 3.32. The molecule has 0 aromatic heterocycles. The van der Waals surface area contributed by atoms with Crippen molar-refractivity contribution in [1.29, 1.82) is 0 Å². The third-order valence-corrected chi connectivity index (χ3v) is 5.38. The smallest absolute Gasteiger partial charge is 0.289 e. The van der Waals surface area contributed by atoms with Crippen LogP contribution in [0.4, 0.5) is 5.69 Å². The highest BCUT2D eigenvalue weighted by molar-refractivity contribution is 7.89. The van der Waals surface area contributed by atoms with Crippen LogP contribution in [0.5, 0.6) is 0 Å². The number of hydrogen-bond acceptors (Lipinski definition) is 5. The van der Waals surface area contributed by atoms with Crippen LogP contribution in [0.2, 0.25) is 0 Å². The highest BCUT2D eigenvalue weighted by atomic mass is 32.2. The van der Waals surface area contributed by atoms with Gasteiger partial charge in [0.05, 0.1) is 4.92 Å². The number of aryl methyl sites for hydroxylation is 1. The molecule has 0 spiro atoms. The molecular weight excluding hydrogens is 282 g/mol. The molecule has 110 valence electrons. The van der Waals surface area contributed by atoms with Crippen molar-refractivity contribution in [3.63, 3.8) is 0 Å².